The zero-order chi connectivity index (χ0) is 13.1. The van der Waals surface area contributed by atoms with Gasteiger partial charge in [-0.25, -0.2) is 0 Å². The molecule has 1 fully saturated rings. The van der Waals surface area contributed by atoms with Crippen LogP contribution in [0, 0.1) is 0 Å². The summed E-state index contributed by atoms with van der Waals surface area (Å²) in [7, 11) is 0. The van der Waals surface area contributed by atoms with Gasteiger partial charge in [-0.1, -0.05) is 60.7 Å². The Bertz CT molecular complexity index is 571. The molecule has 1 saturated heterocycles. The maximum absolute atomic E-state index is 11.4. The lowest BCUT2D eigenvalue weighted by Crippen LogP contribution is -1.95. The average Bonchev–Trinajstić information content (AvgIpc) is 2.88. The largest absolute Gasteiger partial charge is 0.430 e. The van der Waals surface area contributed by atoms with Crippen LogP contribution in [0.1, 0.15) is 24.0 Å². The monoisotopic (exact) mass is 250 g/mol. The third-order valence-corrected chi connectivity index (χ3v) is 3.20. The molecule has 0 atom stereocenters. The van der Waals surface area contributed by atoms with E-state index in [-0.39, 0.29) is 5.97 Å². The summed E-state index contributed by atoms with van der Waals surface area (Å²) in [6, 6.07) is 20.1. The molecule has 0 bridgehead atoms. The predicted octanol–water partition coefficient (Wildman–Crippen LogP) is 3.78. The highest BCUT2D eigenvalue weighted by atomic mass is 16.5. The van der Waals surface area contributed by atoms with Crippen LogP contribution in [0.25, 0.3) is 5.57 Å². The smallest absolute Gasteiger partial charge is 0.311 e. The molecule has 0 unspecified atom stereocenters. The second-order valence-electron chi connectivity index (χ2n) is 4.50. The van der Waals surface area contributed by atoms with Gasteiger partial charge in [0.1, 0.15) is 5.76 Å². The van der Waals surface area contributed by atoms with E-state index in [0.29, 0.717) is 12.8 Å². The highest BCUT2D eigenvalue weighted by Gasteiger charge is 2.22. The van der Waals surface area contributed by atoms with Crippen molar-refractivity contribution < 1.29 is 9.53 Å². The van der Waals surface area contributed by atoms with Crippen LogP contribution in [0.15, 0.2) is 66.4 Å². The molecule has 0 aromatic heterocycles. The van der Waals surface area contributed by atoms with Gasteiger partial charge in [0.25, 0.3) is 0 Å². The molecule has 0 N–H and O–H groups in total. The number of cyclic esters (lactones) is 1. The van der Waals surface area contributed by atoms with Crippen LogP contribution in [0.4, 0.5) is 0 Å². The first-order chi connectivity index (χ1) is 9.34. The molecular formula is C17H14O2. The van der Waals surface area contributed by atoms with Gasteiger partial charge in [0.2, 0.25) is 0 Å². The SMILES string of the molecule is O=C1CCC(=C(c2ccccc2)c2ccccc2)O1. The Hall–Kier alpha value is -2.35. The van der Waals surface area contributed by atoms with Crippen molar-refractivity contribution >= 4 is 11.5 Å². The van der Waals surface area contributed by atoms with Crippen molar-refractivity contribution in [2.75, 3.05) is 0 Å². The normalized spacial score (nSPS) is 14.3. The predicted molar refractivity (Wildman–Crippen MR) is 74.2 cm³/mol. The summed E-state index contributed by atoms with van der Waals surface area (Å²) in [5.41, 5.74) is 3.18. The molecule has 2 aromatic rings. The summed E-state index contributed by atoms with van der Waals surface area (Å²) in [6.07, 6.45) is 1.15. The van der Waals surface area contributed by atoms with Crippen molar-refractivity contribution in [2.24, 2.45) is 0 Å². The molecule has 3 rings (SSSR count). The molecule has 0 spiro atoms. The highest BCUT2D eigenvalue weighted by Crippen LogP contribution is 2.32. The quantitative estimate of drug-likeness (QED) is 0.758. The van der Waals surface area contributed by atoms with Gasteiger partial charge in [-0.3, -0.25) is 4.79 Å². The third-order valence-electron chi connectivity index (χ3n) is 3.20. The molecule has 19 heavy (non-hydrogen) atoms. The van der Waals surface area contributed by atoms with Crippen molar-refractivity contribution in [1.82, 2.24) is 0 Å². The van der Waals surface area contributed by atoms with Crippen molar-refractivity contribution in [1.29, 1.82) is 0 Å². The Kier molecular flexibility index (Phi) is 3.15. The standard InChI is InChI=1S/C17H14O2/c18-16-12-11-15(19-16)17(13-7-3-1-4-8-13)14-9-5-2-6-10-14/h1-10H,11-12H2. The molecule has 0 radical (unpaired) electrons. The molecule has 0 aliphatic carbocycles. The number of allylic oxidation sites excluding steroid dienone is 1. The number of ether oxygens (including phenoxy) is 1. The second kappa shape index (κ2) is 5.11. The van der Waals surface area contributed by atoms with E-state index < -0.39 is 0 Å². The zero-order valence-corrected chi connectivity index (χ0v) is 10.5. The van der Waals surface area contributed by atoms with Crippen molar-refractivity contribution in [3.63, 3.8) is 0 Å². The maximum Gasteiger partial charge on any atom is 0.311 e. The summed E-state index contributed by atoms with van der Waals surface area (Å²) >= 11 is 0. The van der Waals surface area contributed by atoms with Crippen molar-refractivity contribution in [3.05, 3.63) is 77.5 Å². The van der Waals surface area contributed by atoms with E-state index in [9.17, 15) is 4.79 Å². The van der Waals surface area contributed by atoms with E-state index in [1.807, 2.05) is 60.7 Å². The lowest BCUT2D eigenvalue weighted by molar-refractivity contribution is -0.135. The lowest BCUT2D eigenvalue weighted by Gasteiger charge is -2.11. The van der Waals surface area contributed by atoms with Crippen LogP contribution >= 0.6 is 0 Å². The van der Waals surface area contributed by atoms with E-state index in [2.05, 4.69) is 0 Å². The summed E-state index contributed by atoms with van der Waals surface area (Å²) in [4.78, 5) is 11.4. The lowest BCUT2D eigenvalue weighted by atomic mass is 9.96. The summed E-state index contributed by atoms with van der Waals surface area (Å²) in [5.74, 6) is 0.641. The zero-order valence-electron chi connectivity index (χ0n) is 10.5. The fourth-order valence-electron chi connectivity index (χ4n) is 2.33. The van der Waals surface area contributed by atoms with E-state index >= 15 is 0 Å². The van der Waals surface area contributed by atoms with Gasteiger partial charge in [0, 0.05) is 12.0 Å². The molecule has 2 nitrogen and oxygen atoms in total. The summed E-state index contributed by atoms with van der Waals surface area (Å²) < 4.78 is 5.37. The fraction of sp³-hybridized carbons (Fsp3) is 0.118. The van der Waals surface area contributed by atoms with Crippen molar-refractivity contribution in [3.8, 4) is 0 Å². The van der Waals surface area contributed by atoms with Crippen LogP contribution in [0.5, 0.6) is 0 Å². The molecule has 1 aliphatic rings. The number of hydrogen-bond donors (Lipinski definition) is 0. The average molecular weight is 250 g/mol. The number of carbonyl (C=O) groups is 1. The van der Waals surface area contributed by atoms with Crippen molar-refractivity contribution in [2.45, 2.75) is 12.8 Å². The van der Waals surface area contributed by atoms with Crippen LogP contribution in [0.2, 0.25) is 0 Å². The Morgan fingerprint density at radius 3 is 1.74 bits per heavy atom. The maximum atomic E-state index is 11.4. The topological polar surface area (TPSA) is 26.3 Å². The molecule has 2 aromatic carbocycles. The molecular weight excluding hydrogens is 236 g/mol. The highest BCUT2D eigenvalue weighted by molar-refractivity contribution is 5.85. The van der Waals surface area contributed by atoms with Gasteiger partial charge < -0.3 is 4.74 Å². The molecule has 1 aliphatic heterocycles. The van der Waals surface area contributed by atoms with Crippen LogP contribution in [-0.2, 0) is 9.53 Å². The van der Waals surface area contributed by atoms with Gasteiger partial charge in [-0.2, -0.15) is 0 Å². The minimum absolute atomic E-state index is 0.139. The van der Waals surface area contributed by atoms with E-state index in [1.54, 1.807) is 0 Å². The van der Waals surface area contributed by atoms with Gasteiger partial charge in [-0.15, -0.1) is 0 Å². The first-order valence-electron chi connectivity index (χ1n) is 6.39. The number of esters is 1. The van der Waals surface area contributed by atoms with E-state index in [0.717, 1.165) is 22.5 Å². The van der Waals surface area contributed by atoms with Crippen LogP contribution in [0.3, 0.4) is 0 Å². The van der Waals surface area contributed by atoms with Crippen LogP contribution < -0.4 is 0 Å². The molecule has 0 saturated carbocycles. The number of hydrogen-bond acceptors (Lipinski definition) is 2. The molecule has 2 heteroatoms. The minimum Gasteiger partial charge on any atom is -0.430 e. The molecule has 1 heterocycles. The van der Waals surface area contributed by atoms with E-state index in [1.165, 1.54) is 0 Å². The first-order valence-corrected chi connectivity index (χ1v) is 6.39. The molecule has 94 valence electrons. The summed E-state index contributed by atoms with van der Waals surface area (Å²) in [6.45, 7) is 0. The van der Waals surface area contributed by atoms with Gasteiger partial charge in [0.15, 0.2) is 0 Å². The Balaban J connectivity index is 2.15. The third kappa shape index (κ3) is 2.43. The Morgan fingerprint density at radius 2 is 1.32 bits per heavy atom. The minimum atomic E-state index is -0.139. The first kappa shape index (κ1) is 11.7. The molecule has 0 amide bonds. The van der Waals surface area contributed by atoms with Gasteiger partial charge >= 0.3 is 5.97 Å². The number of benzene rings is 2. The number of rotatable bonds is 2. The van der Waals surface area contributed by atoms with Gasteiger partial charge in [-0.05, 0) is 11.1 Å². The number of carbonyl (C=O) groups excluding carboxylic acids is 1. The van der Waals surface area contributed by atoms with E-state index in [4.69, 9.17) is 4.74 Å². The van der Waals surface area contributed by atoms with Crippen LogP contribution in [-0.4, -0.2) is 5.97 Å². The fourth-order valence-corrected chi connectivity index (χ4v) is 2.33. The summed E-state index contributed by atoms with van der Waals surface area (Å²) in [5, 5.41) is 0. The Morgan fingerprint density at radius 1 is 0.789 bits per heavy atom. The Labute approximate surface area is 112 Å². The van der Waals surface area contributed by atoms with Gasteiger partial charge in [0.05, 0.1) is 6.42 Å². The second-order valence-corrected chi connectivity index (χ2v) is 4.50.